The van der Waals surface area contributed by atoms with Crippen molar-refractivity contribution in [3.8, 4) is 0 Å². The van der Waals surface area contributed by atoms with Gasteiger partial charge in [-0.25, -0.2) is 9.97 Å². The highest BCUT2D eigenvalue weighted by atomic mass is 79.9. The van der Waals surface area contributed by atoms with E-state index in [0.29, 0.717) is 25.2 Å². The highest BCUT2D eigenvalue weighted by Gasteiger charge is 2.22. The maximum Gasteiger partial charge on any atom is 0.185 e. The Morgan fingerprint density at radius 3 is 1.60 bits per heavy atom. The highest BCUT2D eigenvalue weighted by Crippen LogP contribution is 2.28. The number of halogens is 2. The molecular weight excluding hydrogens is 732 g/mol. The van der Waals surface area contributed by atoms with Gasteiger partial charge in [0.25, 0.3) is 0 Å². The second-order valence-electron chi connectivity index (χ2n) is 11.6. The Labute approximate surface area is 286 Å². The van der Waals surface area contributed by atoms with E-state index < -0.39 is 0 Å². The minimum absolute atomic E-state index is 0.503. The third kappa shape index (κ3) is 7.49. The lowest BCUT2D eigenvalue weighted by Gasteiger charge is -2.27. The van der Waals surface area contributed by atoms with Crippen molar-refractivity contribution < 1.29 is 9.46 Å². The van der Waals surface area contributed by atoms with Crippen LogP contribution in [0.5, 0.6) is 0 Å². The second kappa shape index (κ2) is 13.6. The van der Waals surface area contributed by atoms with Crippen LogP contribution in [0.15, 0.2) is 82.5 Å². The Kier molecular flexibility index (Phi) is 8.93. The first kappa shape index (κ1) is 30.9. The average molecular weight is 764 g/mol. The van der Waals surface area contributed by atoms with Gasteiger partial charge in [0, 0.05) is 60.6 Å². The minimum atomic E-state index is 0.503. The topological polar surface area (TPSA) is 162 Å². The molecule has 0 spiro atoms. The lowest BCUT2D eigenvalue weighted by Crippen LogP contribution is -2.27. The van der Waals surface area contributed by atoms with E-state index in [1.54, 1.807) is 46.0 Å². The first-order chi connectivity index (χ1) is 22.9. The number of pyridine rings is 2. The molecule has 0 unspecified atom stereocenters. The lowest BCUT2D eigenvalue weighted by atomic mass is 9.93. The van der Waals surface area contributed by atoms with E-state index in [1.165, 1.54) is 44.5 Å². The summed E-state index contributed by atoms with van der Waals surface area (Å²) in [5.74, 6) is 3.32. The fourth-order valence-electron chi connectivity index (χ4n) is 5.07. The van der Waals surface area contributed by atoms with E-state index in [0.717, 1.165) is 64.1 Å². The molecule has 0 aromatic carbocycles. The van der Waals surface area contributed by atoms with Crippen LogP contribution in [0, 0.1) is 10.4 Å². The van der Waals surface area contributed by atoms with Crippen molar-refractivity contribution in [3.05, 3.63) is 104 Å². The van der Waals surface area contributed by atoms with Crippen LogP contribution in [-0.4, -0.2) is 41.3 Å². The third-order valence-electron chi connectivity index (χ3n) is 7.86. The fraction of sp³-hybridized carbons (Fsp3) is 0.290. The molecule has 2 fully saturated rings. The number of nitrogens with zero attached hydrogens (tertiary/aromatic N) is 8. The van der Waals surface area contributed by atoms with Gasteiger partial charge in [-0.2, -0.15) is 28.7 Å². The van der Waals surface area contributed by atoms with E-state index >= 15 is 0 Å². The zero-order valence-corrected chi connectivity index (χ0v) is 28.4. The minimum Gasteiger partial charge on any atom is -0.619 e. The van der Waals surface area contributed by atoms with E-state index in [9.17, 15) is 10.4 Å². The van der Waals surface area contributed by atoms with Crippen molar-refractivity contribution in [2.75, 3.05) is 21.3 Å². The summed E-state index contributed by atoms with van der Waals surface area (Å²) < 4.78 is 6.79. The predicted molar refractivity (Wildman–Crippen MR) is 185 cm³/mol. The van der Waals surface area contributed by atoms with Gasteiger partial charge >= 0.3 is 0 Å². The van der Waals surface area contributed by atoms with Crippen molar-refractivity contribution in [1.82, 2.24) is 29.2 Å². The van der Waals surface area contributed by atoms with Crippen molar-refractivity contribution in [1.29, 1.82) is 0 Å². The van der Waals surface area contributed by atoms with E-state index in [1.807, 2.05) is 24.3 Å². The van der Waals surface area contributed by atoms with Gasteiger partial charge in [-0.15, -0.1) is 0 Å². The third-order valence-corrected chi connectivity index (χ3v) is 8.98. The quantitative estimate of drug-likeness (QED) is 0.110. The molecule has 0 amide bonds. The molecule has 0 aliphatic heterocycles. The van der Waals surface area contributed by atoms with Gasteiger partial charge in [0.2, 0.25) is 0 Å². The summed E-state index contributed by atoms with van der Waals surface area (Å²) in [6, 6.07) is 12.2. The van der Waals surface area contributed by atoms with Gasteiger partial charge in [0.15, 0.2) is 36.1 Å². The van der Waals surface area contributed by atoms with Gasteiger partial charge in [-0.3, -0.25) is 0 Å². The van der Waals surface area contributed by atoms with Crippen LogP contribution in [0.2, 0.25) is 0 Å². The van der Waals surface area contributed by atoms with Crippen molar-refractivity contribution >= 4 is 66.4 Å². The van der Waals surface area contributed by atoms with Gasteiger partial charge in [-0.1, -0.05) is 0 Å². The molecule has 16 heteroatoms. The van der Waals surface area contributed by atoms with Crippen LogP contribution in [-0.2, 0) is 13.1 Å². The number of rotatable bonds is 10. The van der Waals surface area contributed by atoms with Gasteiger partial charge in [-0.05, 0) is 76.1 Å². The molecule has 6 heterocycles. The van der Waals surface area contributed by atoms with Gasteiger partial charge < -0.3 is 31.7 Å². The van der Waals surface area contributed by atoms with E-state index in [2.05, 4.69) is 73.3 Å². The number of anilines is 4. The van der Waals surface area contributed by atoms with Crippen molar-refractivity contribution in [2.24, 2.45) is 0 Å². The largest absolute Gasteiger partial charge is 0.619 e. The average Bonchev–Trinajstić information content (AvgIpc) is 3.67. The number of aromatic nitrogens is 8. The van der Waals surface area contributed by atoms with E-state index in [4.69, 9.17) is 0 Å². The molecule has 14 nitrogen and oxygen atoms in total. The molecule has 2 aliphatic rings. The van der Waals surface area contributed by atoms with Crippen LogP contribution in [0.1, 0.15) is 43.2 Å². The summed E-state index contributed by atoms with van der Waals surface area (Å²) in [6.07, 6.45) is 15.5. The molecule has 2 saturated carbocycles. The van der Waals surface area contributed by atoms with Crippen LogP contribution < -0.4 is 30.7 Å². The van der Waals surface area contributed by atoms with Crippen molar-refractivity contribution in [3.63, 3.8) is 0 Å². The Morgan fingerprint density at radius 1 is 0.723 bits per heavy atom. The molecule has 0 bridgehead atoms. The Hall–Kier alpha value is -4.70. The Balaban J connectivity index is 0.000000150. The molecule has 6 aromatic heterocycles. The second-order valence-corrected chi connectivity index (χ2v) is 13.3. The predicted octanol–water partition coefficient (Wildman–Crippen LogP) is 5.01. The normalized spacial score (nSPS) is 14.3. The van der Waals surface area contributed by atoms with E-state index in [-0.39, 0.29) is 0 Å². The maximum atomic E-state index is 11.4. The summed E-state index contributed by atoms with van der Waals surface area (Å²) in [6.45, 7) is 1.06. The monoisotopic (exact) mass is 762 g/mol. The fourth-order valence-corrected chi connectivity index (χ4v) is 5.76. The molecule has 0 saturated heterocycles. The number of fused-ring (bicyclic) bond motifs is 2. The summed E-state index contributed by atoms with van der Waals surface area (Å²) in [5, 5.41) is 44.9. The molecule has 2 aliphatic carbocycles. The standard InChI is InChI=1S/C16H17BrN6O.C15H15BrN6O/c17-13-9-19-23-15(18-8-11-3-2-6-22(24)10-11)7-14(21-16(13)23)20-12-4-1-5-12;16-12-8-18-22-14(17-7-10-2-1-5-21(23)9-10)6-13(20-15(12)22)19-11-3-4-11/h2-3,6-7,9-10,12,18H,1,4-5,8H2,(H,20,21);1-2,5-6,8-9,11,17H,3-4,7H2,(H,19,20). The molecule has 242 valence electrons. The SMILES string of the molecule is [O-][n+]1cccc(CNc2cc(NC3CC3)nc3c(Br)cnn23)c1.[O-][n+]1cccc(CNc2cc(NC3CCC3)nc3c(Br)cnn23)c1. The van der Waals surface area contributed by atoms with Crippen LogP contribution in [0.3, 0.4) is 0 Å². The molecule has 47 heavy (non-hydrogen) atoms. The molecular formula is C31H32Br2N12O2. The summed E-state index contributed by atoms with van der Waals surface area (Å²) >= 11 is 6.97. The molecule has 0 radical (unpaired) electrons. The smallest absolute Gasteiger partial charge is 0.185 e. The molecule has 4 N–H and O–H groups in total. The lowest BCUT2D eigenvalue weighted by molar-refractivity contribution is -0.606. The Bertz CT molecular complexity index is 2030. The summed E-state index contributed by atoms with van der Waals surface area (Å²) in [5.41, 5.74) is 3.31. The number of hydrogen-bond acceptors (Lipinski definition) is 10. The summed E-state index contributed by atoms with van der Waals surface area (Å²) in [4.78, 5) is 9.23. The molecule has 8 rings (SSSR count). The molecule has 0 atom stereocenters. The van der Waals surface area contributed by atoms with Crippen LogP contribution >= 0.6 is 31.9 Å². The zero-order chi connectivity index (χ0) is 32.3. The first-order valence-corrected chi connectivity index (χ1v) is 16.9. The van der Waals surface area contributed by atoms with Gasteiger partial charge in [0.1, 0.15) is 23.3 Å². The van der Waals surface area contributed by atoms with Crippen molar-refractivity contribution in [2.45, 2.75) is 57.3 Å². The van der Waals surface area contributed by atoms with Crippen LogP contribution in [0.25, 0.3) is 11.3 Å². The molecule has 6 aromatic rings. The summed E-state index contributed by atoms with van der Waals surface area (Å²) in [7, 11) is 0. The maximum absolute atomic E-state index is 11.4. The zero-order valence-electron chi connectivity index (χ0n) is 25.2. The Morgan fingerprint density at radius 2 is 1.19 bits per heavy atom. The van der Waals surface area contributed by atoms with Gasteiger partial charge in [0.05, 0.1) is 21.3 Å². The number of nitrogens with one attached hydrogen (secondary N) is 4. The first-order valence-electron chi connectivity index (χ1n) is 15.3. The number of hydrogen-bond donors (Lipinski definition) is 4. The highest BCUT2D eigenvalue weighted by molar-refractivity contribution is 9.11. The van der Waals surface area contributed by atoms with Crippen LogP contribution in [0.4, 0.5) is 23.3 Å².